The highest BCUT2D eigenvalue weighted by atomic mass is 15.1. The molecule has 1 aromatic rings. The Balaban J connectivity index is 1.96. The SMILES string of the molecule is CC(C)c1ccc(CN2CCCC(C(C)(C)C)C2)cc1. The lowest BCUT2D eigenvalue weighted by atomic mass is 9.76. The van der Waals surface area contributed by atoms with Gasteiger partial charge in [-0.1, -0.05) is 58.9 Å². The largest absolute Gasteiger partial charge is 0.299 e. The van der Waals surface area contributed by atoms with Crippen LogP contribution >= 0.6 is 0 Å². The van der Waals surface area contributed by atoms with E-state index in [0.29, 0.717) is 11.3 Å². The van der Waals surface area contributed by atoms with E-state index in [1.165, 1.54) is 37.1 Å². The Bertz CT molecular complexity index is 410. The summed E-state index contributed by atoms with van der Waals surface area (Å²) in [4.78, 5) is 2.64. The smallest absolute Gasteiger partial charge is 0.0233 e. The van der Waals surface area contributed by atoms with E-state index in [1.54, 1.807) is 0 Å². The van der Waals surface area contributed by atoms with Gasteiger partial charge in [-0.25, -0.2) is 0 Å². The van der Waals surface area contributed by atoms with Crippen LogP contribution in [0.1, 0.15) is 64.5 Å². The van der Waals surface area contributed by atoms with Crippen LogP contribution in [0.25, 0.3) is 0 Å². The van der Waals surface area contributed by atoms with Crippen molar-refractivity contribution >= 4 is 0 Å². The molecule has 0 radical (unpaired) electrons. The molecular formula is C19H31N. The quantitative estimate of drug-likeness (QED) is 0.743. The first-order chi connectivity index (χ1) is 9.36. The van der Waals surface area contributed by atoms with Crippen LogP contribution in [-0.2, 0) is 6.54 Å². The Labute approximate surface area is 125 Å². The second kappa shape index (κ2) is 6.30. The molecule has 1 fully saturated rings. The molecule has 0 N–H and O–H groups in total. The first-order valence-electron chi connectivity index (χ1n) is 8.17. The van der Waals surface area contributed by atoms with E-state index in [-0.39, 0.29) is 0 Å². The zero-order valence-electron chi connectivity index (χ0n) is 13.9. The average molecular weight is 273 g/mol. The second-order valence-corrected chi connectivity index (χ2v) is 7.84. The molecule has 20 heavy (non-hydrogen) atoms. The van der Waals surface area contributed by atoms with Crippen LogP contribution in [-0.4, -0.2) is 18.0 Å². The summed E-state index contributed by atoms with van der Waals surface area (Å²) in [7, 11) is 0. The summed E-state index contributed by atoms with van der Waals surface area (Å²) < 4.78 is 0. The van der Waals surface area contributed by atoms with E-state index >= 15 is 0 Å². The van der Waals surface area contributed by atoms with E-state index < -0.39 is 0 Å². The van der Waals surface area contributed by atoms with E-state index in [4.69, 9.17) is 0 Å². The zero-order chi connectivity index (χ0) is 14.8. The molecule has 112 valence electrons. The molecular weight excluding hydrogens is 242 g/mol. The molecule has 0 aliphatic carbocycles. The van der Waals surface area contributed by atoms with E-state index in [9.17, 15) is 0 Å². The highest BCUT2D eigenvalue weighted by molar-refractivity contribution is 5.24. The predicted octanol–water partition coefficient (Wildman–Crippen LogP) is 5.07. The Morgan fingerprint density at radius 3 is 2.35 bits per heavy atom. The summed E-state index contributed by atoms with van der Waals surface area (Å²) in [5.41, 5.74) is 3.35. The van der Waals surface area contributed by atoms with Crippen molar-refractivity contribution in [1.82, 2.24) is 4.90 Å². The minimum Gasteiger partial charge on any atom is -0.299 e. The summed E-state index contributed by atoms with van der Waals surface area (Å²) in [6.07, 6.45) is 2.75. The van der Waals surface area contributed by atoms with Gasteiger partial charge in [0, 0.05) is 13.1 Å². The third kappa shape index (κ3) is 4.09. The van der Waals surface area contributed by atoms with Crippen molar-refractivity contribution in [2.45, 2.75) is 59.9 Å². The molecule has 1 heterocycles. The molecule has 0 spiro atoms. The molecule has 1 heteroatoms. The van der Waals surface area contributed by atoms with E-state index in [1.807, 2.05) is 0 Å². The number of hydrogen-bond donors (Lipinski definition) is 0. The van der Waals surface area contributed by atoms with Crippen LogP contribution < -0.4 is 0 Å². The van der Waals surface area contributed by atoms with E-state index in [2.05, 4.69) is 63.8 Å². The summed E-state index contributed by atoms with van der Waals surface area (Å²) in [6.45, 7) is 15.3. The molecule has 1 aliphatic heterocycles. The Hall–Kier alpha value is -0.820. The van der Waals surface area contributed by atoms with Crippen LogP contribution in [0.5, 0.6) is 0 Å². The molecule has 1 nitrogen and oxygen atoms in total. The molecule has 0 aromatic heterocycles. The van der Waals surface area contributed by atoms with Gasteiger partial charge in [0.1, 0.15) is 0 Å². The van der Waals surface area contributed by atoms with Crippen LogP contribution in [0.2, 0.25) is 0 Å². The number of nitrogens with zero attached hydrogens (tertiary/aromatic N) is 1. The van der Waals surface area contributed by atoms with Gasteiger partial charge in [0.05, 0.1) is 0 Å². The minimum atomic E-state index is 0.445. The van der Waals surface area contributed by atoms with Gasteiger partial charge < -0.3 is 0 Å². The van der Waals surface area contributed by atoms with Crippen LogP contribution in [0, 0.1) is 11.3 Å². The molecule has 2 rings (SSSR count). The van der Waals surface area contributed by atoms with Gasteiger partial charge in [-0.2, -0.15) is 0 Å². The van der Waals surface area contributed by atoms with E-state index in [0.717, 1.165) is 12.5 Å². The van der Waals surface area contributed by atoms with Crippen molar-refractivity contribution in [3.63, 3.8) is 0 Å². The average Bonchev–Trinajstić information content (AvgIpc) is 2.38. The van der Waals surface area contributed by atoms with Crippen LogP contribution in [0.15, 0.2) is 24.3 Å². The Morgan fingerprint density at radius 1 is 1.15 bits per heavy atom. The zero-order valence-corrected chi connectivity index (χ0v) is 13.9. The number of likely N-dealkylation sites (tertiary alicyclic amines) is 1. The first-order valence-corrected chi connectivity index (χ1v) is 8.17. The summed E-state index contributed by atoms with van der Waals surface area (Å²) in [5, 5.41) is 0. The minimum absolute atomic E-state index is 0.445. The maximum absolute atomic E-state index is 2.64. The summed E-state index contributed by atoms with van der Waals surface area (Å²) >= 11 is 0. The predicted molar refractivity (Wildman–Crippen MR) is 88.0 cm³/mol. The number of hydrogen-bond acceptors (Lipinski definition) is 1. The molecule has 1 aliphatic rings. The lowest BCUT2D eigenvalue weighted by Gasteiger charge is -2.39. The fourth-order valence-electron chi connectivity index (χ4n) is 3.17. The van der Waals surface area contributed by atoms with Gasteiger partial charge in [-0.3, -0.25) is 4.90 Å². The molecule has 0 amide bonds. The fourth-order valence-corrected chi connectivity index (χ4v) is 3.17. The van der Waals surface area contributed by atoms with Gasteiger partial charge in [0.25, 0.3) is 0 Å². The second-order valence-electron chi connectivity index (χ2n) is 7.84. The highest BCUT2D eigenvalue weighted by Gasteiger charge is 2.29. The third-order valence-electron chi connectivity index (χ3n) is 4.78. The molecule has 0 saturated carbocycles. The Kier molecular flexibility index (Phi) is 4.90. The van der Waals surface area contributed by atoms with Crippen molar-refractivity contribution in [1.29, 1.82) is 0 Å². The Morgan fingerprint density at radius 2 is 1.80 bits per heavy atom. The maximum atomic E-state index is 2.64. The summed E-state index contributed by atoms with van der Waals surface area (Å²) in [6, 6.07) is 9.22. The van der Waals surface area contributed by atoms with Crippen molar-refractivity contribution in [3.8, 4) is 0 Å². The van der Waals surface area contributed by atoms with Crippen LogP contribution in [0.4, 0.5) is 0 Å². The monoisotopic (exact) mass is 273 g/mol. The molecule has 1 aromatic carbocycles. The van der Waals surface area contributed by atoms with Crippen molar-refractivity contribution in [3.05, 3.63) is 35.4 Å². The molecule has 1 saturated heterocycles. The molecule has 1 atom stereocenters. The first kappa shape index (κ1) is 15.6. The highest BCUT2D eigenvalue weighted by Crippen LogP contribution is 2.33. The topological polar surface area (TPSA) is 3.24 Å². The van der Waals surface area contributed by atoms with Crippen molar-refractivity contribution in [2.24, 2.45) is 11.3 Å². The van der Waals surface area contributed by atoms with Gasteiger partial charge in [-0.05, 0) is 47.8 Å². The maximum Gasteiger partial charge on any atom is 0.0233 e. The standard InChI is InChI=1S/C19H31N/c1-15(2)17-10-8-16(9-11-17)13-20-12-6-7-18(14-20)19(3,4)5/h8-11,15,18H,6-7,12-14H2,1-5H3. The van der Waals surface area contributed by atoms with Gasteiger partial charge >= 0.3 is 0 Å². The lowest BCUT2D eigenvalue weighted by molar-refractivity contribution is 0.0943. The van der Waals surface area contributed by atoms with Gasteiger partial charge in [-0.15, -0.1) is 0 Å². The normalized spacial score (nSPS) is 21.4. The number of benzene rings is 1. The number of rotatable bonds is 3. The van der Waals surface area contributed by atoms with Gasteiger partial charge in [0.2, 0.25) is 0 Å². The third-order valence-corrected chi connectivity index (χ3v) is 4.78. The number of piperidine rings is 1. The lowest BCUT2D eigenvalue weighted by Crippen LogP contribution is -2.40. The van der Waals surface area contributed by atoms with Crippen LogP contribution in [0.3, 0.4) is 0 Å². The summed E-state index contributed by atoms with van der Waals surface area (Å²) in [5.74, 6) is 1.47. The van der Waals surface area contributed by atoms with Crippen molar-refractivity contribution < 1.29 is 0 Å². The van der Waals surface area contributed by atoms with Crippen molar-refractivity contribution in [2.75, 3.05) is 13.1 Å². The molecule has 1 unspecified atom stereocenters. The molecule has 0 bridgehead atoms. The fraction of sp³-hybridized carbons (Fsp3) is 0.684. The van der Waals surface area contributed by atoms with Gasteiger partial charge in [0.15, 0.2) is 0 Å².